The van der Waals surface area contributed by atoms with Crippen LogP contribution < -0.4 is 9.47 Å². The molecule has 0 saturated heterocycles. The number of allylic oxidation sites excluding steroid dienone is 1. The van der Waals surface area contributed by atoms with E-state index in [-0.39, 0.29) is 18.3 Å². The van der Waals surface area contributed by atoms with Crippen molar-refractivity contribution in [2.45, 2.75) is 6.92 Å². The first kappa shape index (κ1) is 19.2. The van der Waals surface area contributed by atoms with Crippen LogP contribution >= 0.6 is 0 Å². The molecule has 2 rings (SSSR count). The summed E-state index contributed by atoms with van der Waals surface area (Å²) in [4.78, 5) is 25.4. The number of benzene rings is 2. The highest BCUT2D eigenvalue weighted by atomic mass is 16.5. The highest BCUT2D eigenvalue weighted by Gasteiger charge is 2.07. The molecule has 0 unspecified atom stereocenters. The Morgan fingerprint density at radius 2 is 1.73 bits per heavy atom. The average molecular weight is 353 g/mol. The topological polar surface area (TPSA) is 55.8 Å². The van der Waals surface area contributed by atoms with Gasteiger partial charge in [0.05, 0.1) is 6.61 Å². The molecule has 0 aliphatic carbocycles. The van der Waals surface area contributed by atoms with Crippen LogP contribution in [0.25, 0.3) is 6.08 Å². The van der Waals surface area contributed by atoms with E-state index < -0.39 is 0 Å². The summed E-state index contributed by atoms with van der Waals surface area (Å²) in [5.74, 6) is 1.01. The lowest BCUT2D eigenvalue weighted by Gasteiger charge is -2.11. The molecule has 0 aromatic heterocycles. The molecule has 0 saturated carbocycles. The quantitative estimate of drug-likeness (QED) is 0.539. The SMILES string of the molecule is CCOc1ccc(C=CC(=O)c2cccc(OCC(=O)N(C)C)c2)cc1. The van der Waals surface area contributed by atoms with Gasteiger partial charge in [0.25, 0.3) is 5.91 Å². The molecule has 0 atom stereocenters. The van der Waals surface area contributed by atoms with Gasteiger partial charge in [-0.1, -0.05) is 30.3 Å². The zero-order valence-electron chi connectivity index (χ0n) is 15.3. The number of ketones is 1. The van der Waals surface area contributed by atoms with Crippen LogP contribution in [0.15, 0.2) is 54.6 Å². The van der Waals surface area contributed by atoms with Gasteiger partial charge in [-0.2, -0.15) is 0 Å². The van der Waals surface area contributed by atoms with Crippen LogP contribution in [0.2, 0.25) is 0 Å². The van der Waals surface area contributed by atoms with Crippen LogP contribution in [0.1, 0.15) is 22.8 Å². The van der Waals surface area contributed by atoms with Crippen LogP contribution in [0.5, 0.6) is 11.5 Å². The summed E-state index contributed by atoms with van der Waals surface area (Å²) in [5.41, 5.74) is 1.41. The van der Waals surface area contributed by atoms with Crippen molar-refractivity contribution in [2.75, 3.05) is 27.3 Å². The number of carbonyl (C=O) groups is 2. The zero-order chi connectivity index (χ0) is 18.9. The molecule has 1 amide bonds. The minimum atomic E-state index is -0.142. The number of hydrogen-bond donors (Lipinski definition) is 0. The van der Waals surface area contributed by atoms with E-state index in [0.29, 0.717) is 17.9 Å². The number of hydrogen-bond acceptors (Lipinski definition) is 4. The van der Waals surface area contributed by atoms with E-state index in [1.165, 1.54) is 11.0 Å². The lowest BCUT2D eigenvalue weighted by atomic mass is 10.1. The first-order valence-corrected chi connectivity index (χ1v) is 8.38. The minimum Gasteiger partial charge on any atom is -0.494 e. The molecular formula is C21H23NO4. The summed E-state index contributed by atoms with van der Waals surface area (Å²) in [7, 11) is 3.33. The Labute approximate surface area is 153 Å². The fraction of sp³-hybridized carbons (Fsp3) is 0.238. The predicted molar refractivity (Wildman–Crippen MR) is 102 cm³/mol. The Morgan fingerprint density at radius 3 is 2.38 bits per heavy atom. The van der Waals surface area contributed by atoms with Gasteiger partial charge in [0.1, 0.15) is 11.5 Å². The van der Waals surface area contributed by atoms with Crippen LogP contribution in [-0.2, 0) is 4.79 Å². The van der Waals surface area contributed by atoms with E-state index in [0.717, 1.165) is 11.3 Å². The van der Waals surface area contributed by atoms with Crippen molar-refractivity contribution in [3.05, 3.63) is 65.7 Å². The molecule has 136 valence electrons. The fourth-order valence-electron chi connectivity index (χ4n) is 2.12. The lowest BCUT2D eigenvalue weighted by molar-refractivity contribution is -0.130. The third-order valence-corrected chi connectivity index (χ3v) is 3.60. The van der Waals surface area contributed by atoms with Crippen molar-refractivity contribution in [1.82, 2.24) is 4.90 Å². The first-order chi connectivity index (χ1) is 12.5. The molecule has 0 aliphatic heterocycles. The van der Waals surface area contributed by atoms with E-state index in [1.54, 1.807) is 44.4 Å². The molecule has 0 heterocycles. The smallest absolute Gasteiger partial charge is 0.259 e. The fourth-order valence-corrected chi connectivity index (χ4v) is 2.12. The standard InChI is InChI=1S/C21H23NO4/c1-4-25-18-11-8-16(9-12-18)10-13-20(23)17-6-5-7-19(14-17)26-15-21(24)22(2)3/h5-14H,4,15H2,1-3H3. The molecule has 0 bridgehead atoms. The maximum Gasteiger partial charge on any atom is 0.259 e. The number of nitrogens with zero attached hydrogens (tertiary/aromatic N) is 1. The van der Waals surface area contributed by atoms with Gasteiger partial charge in [-0.15, -0.1) is 0 Å². The van der Waals surface area contributed by atoms with Crippen molar-refractivity contribution in [3.8, 4) is 11.5 Å². The maximum absolute atomic E-state index is 12.3. The normalized spacial score (nSPS) is 10.6. The largest absolute Gasteiger partial charge is 0.494 e. The minimum absolute atomic E-state index is 0.0628. The number of rotatable bonds is 8. The summed E-state index contributed by atoms with van der Waals surface area (Å²) in [6.45, 7) is 2.49. The number of amides is 1. The van der Waals surface area contributed by atoms with Gasteiger partial charge in [-0.25, -0.2) is 0 Å². The average Bonchev–Trinajstić information content (AvgIpc) is 2.65. The summed E-state index contributed by atoms with van der Waals surface area (Å²) in [6, 6.07) is 14.3. The molecule has 5 heteroatoms. The van der Waals surface area contributed by atoms with Gasteiger partial charge < -0.3 is 14.4 Å². The van der Waals surface area contributed by atoms with E-state index in [1.807, 2.05) is 31.2 Å². The van der Waals surface area contributed by atoms with Crippen LogP contribution in [0, 0.1) is 0 Å². The molecule has 2 aromatic rings. The molecular weight excluding hydrogens is 330 g/mol. The second-order valence-corrected chi connectivity index (χ2v) is 5.80. The van der Waals surface area contributed by atoms with Crippen LogP contribution in [0.4, 0.5) is 0 Å². The van der Waals surface area contributed by atoms with Crippen molar-refractivity contribution < 1.29 is 19.1 Å². The van der Waals surface area contributed by atoms with Crippen molar-refractivity contribution >= 4 is 17.8 Å². The molecule has 5 nitrogen and oxygen atoms in total. The van der Waals surface area contributed by atoms with Crippen molar-refractivity contribution in [1.29, 1.82) is 0 Å². The number of likely N-dealkylation sites (N-methyl/N-ethyl adjacent to an activating group) is 1. The van der Waals surface area contributed by atoms with E-state index in [9.17, 15) is 9.59 Å². The summed E-state index contributed by atoms with van der Waals surface area (Å²) in [5, 5.41) is 0. The van der Waals surface area contributed by atoms with Gasteiger partial charge in [-0.05, 0) is 42.8 Å². The monoisotopic (exact) mass is 353 g/mol. The Balaban J connectivity index is 2.00. The molecule has 0 spiro atoms. The zero-order valence-corrected chi connectivity index (χ0v) is 15.3. The van der Waals surface area contributed by atoms with Gasteiger partial charge in [0.2, 0.25) is 0 Å². The molecule has 26 heavy (non-hydrogen) atoms. The van der Waals surface area contributed by atoms with E-state index >= 15 is 0 Å². The molecule has 2 aromatic carbocycles. The Kier molecular flexibility index (Phi) is 6.97. The van der Waals surface area contributed by atoms with Crippen LogP contribution in [0.3, 0.4) is 0 Å². The summed E-state index contributed by atoms with van der Waals surface area (Å²) < 4.78 is 10.8. The molecule has 0 aliphatic rings. The molecule has 0 radical (unpaired) electrons. The molecule has 0 fully saturated rings. The first-order valence-electron chi connectivity index (χ1n) is 8.38. The highest BCUT2D eigenvalue weighted by molar-refractivity contribution is 6.07. The van der Waals surface area contributed by atoms with Crippen molar-refractivity contribution in [2.24, 2.45) is 0 Å². The summed E-state index contributed by atoms with van der Waals surface area (Å²) >= 11 is 0. The predicted octanol–water partition coefficient (Wildman–Crippen LogP) is 3.45. The Morgan fingerprint density at radius 1 is 1.00 bits per heavy atom. The van der Waals surface area contributed by atoms with Gasteiger partial charge in [-0.3, -0.25) is 9.59 Å². The summed E-state index contributed by atoms with van der Waals surface area (Å²) in [6.07, 6.45) is 3.26. The van der Waals surface area contributed by atoms with E-state index in [4.69, 9.17) is 9.47 Å². The Bertz CT molecular complexity index is 779. The number of carbonyl (C=O) groups excluding carboxylic acids is 2. The second kappa shape index (κ2) is 9.42. The van der Waals surface area contributed by atoms with E-state index in [2.05, 4.69) is 0 Å². The second-order valence-electron chi connectivity index (χ2n) is 5.80. The highest BCUT2D eigenvalue weighted by Crippen LogP contribution is 2.16. The number of ether oxygens (including phenoxy) is 2. The van der Waals surface area contributed by atoms with Crippen molar-refractivity contribution in [3.63, 3.8) is 0 Å². The third kappa shape index (κ3) is 5.77. The molecule has 0 N–H and O–H groups in total. The third-order valence-electron chi connectivity index (χ3n) is 3.60. The van der Waals surface area contributed by atoms with Gasteiger partial charge in [0.15, 0.2) is 12.4 Å². The van der Waals surface area contributed by atoms with Gasteiger partial charge in [0, 0.05) is 19.7 Å². The lowest BCUT2D eigenvalue weighted by Crippen LogP contribution is -2.27. The Hall–Kier alpha value is -3.08. The van der Waals surface area contributed by atoms with Gasteiger partial charge >= 0.3 is 0 Å². The maximum atomic E-state index is 12.3. The van der Waals surface area contributed by atoms with Crippen LogP contribution in [-0.4, -0.2) is 43.9 Å².